The summed E-state index contributed by atoms with van der Waals surface area (Å²) in [6.07, 6.45) is 7.36. The summed E-state index contributed by atoms with van der Waals surface area (Å²) in [5.41, 5.74) is 0.709. The van der Waals surface area contributed by atoms with Gasteiger partial charge in [-0.05, 0) is 38.0 Å². The summed E-state index contributed by atoms with van der Waals surface area (Å²) in [5.74, 6) is 1.12. The fraction of sp³-hybridized carbons (Fsp3) is 1.00. The molecule has 5 aliphatic rings. The third-order valence-corrected chi connectivity index (χ3v) is 5.70. The zero-order chi connectivity index (χ0) is 11.3. The zero-order valence-electron chi connectivity index (χ0n) is 10.7. The van der Waals surface area contributed by atoms with Crippen molar-refractivity contribution >= 4 is 0 Å². The lowest BCUT2D eigenvalue weighted by atomic mass is 9.49. The first-order chi connectivity index (χ1) is 8.36. The Balaban J connectivity index is 1.31. The molecule has 0 unspecified atom stereocenters. The topological polar surface area (TPSA) is 15.7 Å². The maximum Gasteiger partial charge on any atom is 0.0594 e. The van der Waals surface area contributed by atoms with Gasteiger partial charge in [0, 0.05) is 37.8 Å². The predicted octanol–water partition coefficient (Wildman–Crippen LogP) is 1.34. The van der Waals surface area contributed by atoms with E-state index in [4.69, 9.17) is 4.74 Å². The van der Waals surface area contributed by atoms with Crippen LogP contribution in [0.5, 0.6) is 0 Å². The Morgan fingerprint density at radius 1 is 0.882 bits per heavy atom. The molecule has 5 fully saturated rings. The molecular formula is C14H24N2O. The number of nitrogens with zero attached hydrogens (tertiary/aromatic N) is 2. The van der Waals surface area contributed by atoms with Gasteiger partial charge < -0.3 is 4.74 Å². The van der Waals surface area contributed by atoms with Gasteiger partial charge >= 0.3 is 0 Å². The van der Waals surface area contributed by atoms with E-state index < -0.39 is 0 Å². The maximum atomic E-state index is 5.45. The number of ether oxygens (including phenoxy) is 1. The van der Waals surface area contributed by atoms with Crippen LogP contribution in [0.3, 0.4) is 0 Å². The molecule has 0 N–H and O–H groups in total. The highest BCUT2D eigenvalue weighted by Gasteiger charge is 2.59. The lowest BCUT2D eigenvalue weighted by molar-refractivity contribution is -0.155. The predicted molar refractivity (Wildman–Crippen MR) is 67.1 cm³/mol. The normalized spacial score (nSPS) is 44.1. The molecule has 17 heavy (non-hydrogen) atoms. The third kappa shape index (κ3) is 1.66. The van der Waals surface area contributed by atoms with Crippen LogP contribution < -0.4 is 0 Å². The average Bonchev–Trinajstić information content (AvgIpc) is 2.27. The quantitative estimate of drug-likeness (QED) is 0.719. The van der Waals surface area contributed by atoms with Crippen LogP contribution in [0.2, 0.25) is 0 Å². The molecule has 2 aliphatic heterocycles. The van der Waals surface area contributed by atoms with Gasteiger partial charge in [-0.25, -0.2) is 0 Å². The Hall–Kier alpha value is -0.120. The number of piperidine rings is 1. The minimum Gasteiger partial charge on any atom is -0.379 e. The molecule has 3 nitrogen and oxygen atoms in total. The number of hydrogen-bond acceptors (Lipinski definition) is 3. The summed E-state index contributed by atoms with van der Waals surface area (Å²) in [7, 11) is 0. The monoisotopic (exact) mass is 236 g/mol. The maximum absolute atomic E-state index is 5.45. The fourth-order valence-electron chi connectivity index (χ4n) is 4.47. The van der Waals surface area contributed by atoms with Crippen molar-refractivity contribution in [3.05, 3.63) is 0 Å². The van der Waals surface area contributed by atoms with E-state index in [1.165, 1.54) is 45.2 Å². The van der Waals surface area contributed by atoms with E-state index in [2.05, 4.69) is 9.80 Å². The van der Waals surface area contributed by atoms with E-state index in [0.29, 0.717) is 5.54 Å². The second-order valence-corrected chi connectivity index (χ2v) is 6.57. The molecule has 2 heterocycles. The van der Waals surface area contributed by atoms with Crippen molar-refractivity contribution < 1.29 is 4.74 Å². The van der Waals surface area contributed by atoms with E-state index in [-0.39, 0.29) is 0 Å². The second kappa shape index (κ2) is 3.94. The zero-order valence-corrected chi connectivity index (χ0v) is 10.7. The number of morpholine rings is 1. The summed E-state index contributed by atoms with van der Waals surface area (Å²) in [4.78, 5) is 5.49. The highest BCUT2D eigenvalue weighted by atomic mass is 16.5. The number of rotatable bonds is 2. The van der Waals surface area contributed by atoms with Crippen LogP contribution in [0.4, 0.5) is 0 Å². The Morgan fingerprint density at radius 2 is 1.53 bits per heavy atom. The highest BCUT2D eigenvalue weighted by molar-refractivity contribution is 5.15. The molecule has 2 bridgehead atoms. The molecular weight excluding hydrogens is 212 g/mol. The van der Waals surface area contributed by atoms with Crippen molar-refractivity contribution in [1.82, 2.24) is 9.80 Å². The first-order valence-electron chi connectivity index (χ1n) is 7.43. The van der Waals surface area contributed by atoms with Crippen molar-refractivity contribution in [2.45, 2.75) is 43.7 Å². The molecule has 0 radical (unpaired) electrons. The summed E-state index contributed by atoms with van der Waals surface area (Å²) in [5, 5.41) is 0. The molecule has 2 saturated heterocycles. The highest BCUT2D eigenvalue weighted by Crippen LogP contribution is 2.60. The molecule has 0 atom stereocenters. The summed E-state index contributed by atoms with van der Waals surface area (Å²) >= 11 is 0. The Kier molecular flexibility index (Phi) is 2.50. The molecule has 96 valence electrons. The number of likely N-dealkylation sites (tertiary alicyclic amines) is 1. The van der Waals surface area contributed by atoms with Gasteiger partial charge in [0.25, 0.3) is 0 Å². The van der Waals surface area contributed by atoms with Crippen molar-refractivity contribution in [1.29, 1.82) is 0 Å². The van der Waals surface area contributed by atoms with Crippen LogP contribution in [0.25, 0.3) is 0 Å². The lowest BCUT2D eigenvalue weighted by Crippen LogP contribution is -2.69. The van der Waals surface area contributed by atoms with E-state index in [1.807, 2.05) is 0 Å². The van der Waals surface area contributed by atoms with Gasteiger partial charge in [0.2, 0.25) is 0 Å². The summed E-state index contributed by atoms with van der Waals surface area (Å²) < 4.78 is 5.45. The van der Waals surface area contributed by atoms with Crippen LogP contribution >= 0.6 is 0 Å². The van der Waals surface area contributed by atoms with Crippen molar-refractivity contribution in [3.63, 3.8) is 0 Å². The van der Waals surface area contributed by atoms with Gasteiger partial charge in [0.1, 0.15) is 0 Å². The van der Waals surface area contributed by atoms with Crippen LogP contribution in [0, 0.1) is 5.92 Å². The van der Waals surface area contributed by atoms with E-state index in [1.54, 1.807) is 0 Å². The standard InChI is InChI=1S/C14H24N2O/c1-3-16(14-9-12(10-14)11-14)4-2-13(1)15-5-7-17-8-6-15/h12-13H,1-11H2. The summed E-state index contributed by atoms with van der Waals surface area (Å²) in [6, 6.07) is 0.850. The smallest absolute Gasteiger partial charge is 0.0594 e. The second-order valence-electron chi connectivity index (χ2n) is 6.57. The van der Waals surface area contributed by atoms with Crippen LogP contribution in [-0.4, -0.2) is 60.8 Å². The first kappa shape index (κ1) is 10.8. The molecule has 0 aromatic rings. The van der Waals surface area contributed by atoms with Gasteiger partial charge in [0.05, 0.1) is 13.2 Å². The van der Waals surface area contributed by atoms with Crippen LogP contribution in [0.1, 0.15) is 32.1 Å². The molecule has 5 rings (SSSR count). The van der Waals surface area contributed by atoms with E-state index >= 15 is 0 Å². The van der Waals surface area contributed by atoms with Gasteiger partial charge in [0.15, 0.2) is 0 Å². The molecule has 3 aliphatic carbocycles. The Labute approximate surface area is 104 Å². The largest absolute Gasteiger partial charge is 0.379 e. The SMILES string of the molecule is C1CN(C2CCN(C34CC(C3)C4)CC2)CCO1. The van der Waals surface area contributed by atoms with E-state index in [9.17, 15) is 0 Å². The molecule has 3 saturated carbocycles. The van der Waals surface area contributed by atoms with Crippen molar-refractivity contribution in [2.24, 2.45) is 5.92 Å². The Morgan fingerprint density at radius 3 is 2.06 bits per heavy atom. The average molecular weight is 236 g/mol. The van der Waals surface area contributed by atoms with Gasteiger partial charge in [-0.3, -0.25) is 9.80 Å². The van der Waals surface area contributed by atoms with E-state index in [0.717, 1.165) is 38.3 Å². The minimum atomic E-state index is 0.709. The van der Waals surface area contributed by atoms with Crippen molar-refractivity contribution in [3.8, 4) is 0 Å². The number of hydrogen-bond donors (Lipinski definition) is 0. The molecule has 0 amide bonds. The third-order valence-electron chi connectivity index (χ3n) is 5.70. The summed E-state index contributed by atoms with van der Waals surface area (Å²) in [6.45, 7) is 6.94. The van der Waals surface area contributed by atoms with Crippen molar-refractivity contribution in [2.75, 3.05) is 39.4 Å². The van der Waals surface area contributed by atoms with Gasteiger partial charge in [-0.2, -0.15) is 0 Å². The van der Waals surface area contributed by atoms with Crippen LogP contribution in [0.15, 0.2) is 0 Å². The Bertz CT molecular complexity index is 276. The first-order valence-corrected chi connectivity index (χ1v) is 7.43. The molecule has 3 heteroatoms. The lowest BCUT2D eigenvalue weighted by Gasteiger charge is -2.67. The minimum absolute atomic E-state index is 0.709. The molecule has 0 spiro atoms. The van der Waals surface area contributed by atoms with Gasteiger partial charge in [-0.15, -0.1) is 0 Å². The van der Waals surface area contributed by atoms with Gasteiger partial charge in [-0.1, -0.05) is 0 Å². The molecule has 0 aromatic carbocycles. The fourth-order valence-corrected chi connectivity index (χ4v) is 4.47. The molecule has 0 aromatic heterocycles. The van der Waals surface area contributed by atoms with Crippen LogP contribution in [-0.2, 0) is 4.74 Å².